The van der Waals surface area contributed by atoms with Gasteiger partial charge in [0.05, 0.1) is 12.1 Å². The Morgan fingerprint density at radius 2 is 1.17 bits per heavy atom. The molecule has 0 heterocycles. The molecule has 2 N–H and O–H groups in total. The van der Waals surface area contributed by atoms with Crippen LogP contribution in [0.1, 0.15) is 11.1 Å². The highest BCUT2D eigenvalue weighted by molar-refractivity contribution is 6.01. The zero-order valence-corrected chi connectivity index (χ0v) is 18.0. The zero-order chi connectivity index (χ0) is 26.1. The van der Waals surface area contributed by atoms with Gasteiger partial charge in [-0.25, -0.2) is 4.79 Å². The maximum Gasteiger partial charge on any atom is 0.490 e. The van der Waals surface area contributed by atoms with Crippen LogP contribution in [0.15, 0.2) is 84.9 Å². The molecule has 0 radical (unpaired) electrons. The molecule has 1 amide bonds. The summed E-state index contributed by atoms with van der Waals surface area (Å²) in [6, 6.07) is 23.6. The monoisotopic (exact) mass is 498 g/mol. The molecule has 3 aromatic carbocycles. The molecule has 3 aromatic rings. The quantitative estimate of drug-likeness (QED) is 0.422. The number of hydrogen-bond acceptors (Lipinski definition) is 3. The molecule has 0 bridgehead atoms. The predicted octanol–water partition coefficient (Wildman–Crippen LogP) is 5.79. The molecule has 0 fully saturated rings. The number of carbonyl (C=O) groups excluding carboxylic acids is 1. The predicted molar refractivity (Wildman–Crippen MR) is 117 cm³/mol. The molecule has 0 saturated heterocycles. The van der Waals surface area contributed by atoms with Gasteiger partial charge in [-0.1, -0.05) is 54.6 Å². The van der Waals surface area contributed by atoms with Crippen molar-refractivity contribution in [3.05, 3.63) is 96.1 Å². The first kappa shape index (κ1) is 27.4. The summed E-state index contributed by atoms with van der Waals surface area (Å²) in [7, 11) is 0. The molecular formula is C24H20F6N2O3. The van der Waals surface area contributed by atoms with Crippen LogP contribution in [-0.2, 0) is 22.3 Å². The van der Waals surface area contributed by atoms with Crippen LogP contribution in [0.25, 0.3) is 0 Å². The van der Waals surface area contributed by atoms with E-state index in [-0.39, 0.29) is 24.6 Å². The van der Waals surface area contributed by atoms with E-state index in [9.17, 15) is 31.1 Å². The van der Waals surface area contributed by atoms with Gasteiger partial charge in [0.15, 0.2) is 0 Å². The molecule has 0 saturated carbocycles. The first-order chi connectivity index (χ1) is 16.4. The van der Waals surface area contributed by atoms with E-state index in [1.807, 2.05) is 60.7 Å². The number of carboxylic acids is 1. The molecule has 186 valence electrons. The van der Waals surface area contributed by atoms with Crippen LogP contribution in [0.3, 0.4) is 0 Å². The number of nitrogens with zero attached hydrogens (tertiary/aromatic N) is 1. The number of aliphatic carboxylic acids is 1. The Labute approximate surface area is 196 Å². The van der Waals surface area contributed by atoms with E-state index < -0.39 is 23.9 Å². The Balaban J connectivity index is 0.000000540. The van der Waals surface area contributed by atoms with Crippen LogP contribution in [0.2, 0.25) is 0 Å². The van der Waals surface area contributed by atoms with Crippen molar-refractivity contribution in [2.24, 2.45) is 0 Å². The molecule has 0 aliphatic carbocycles. The first-order valence-corrected chi connectivity index (χ1v) is 10.00. The van der Waals surface area contributed by atoms with E-state index in [0.29, 0.717) is 11.4 Å². The standard InChI is InChI=1S/C22H19F3N2O.C2HF3O2/c23-22(24,25)20-14-8-7-9-17(20)15-26-16-21(28)27(18-10-3-1-4-11-18)19-12-5-2-6-13-19;3-2(4,5)1(6)7/h1-14,26H,15-16H2;(H,6,7). The van der Waals surface area contributed by atoms with Crippen molar-refractivity contribution in [1.82, 2.24) is 5.32 Å². The summed E-state index contributed by atoms with van der Waals surface area (Å²) in [4.78, 5) is 23.3. The molecule has 0 spiro atoms. The third-order valence-corrected chi connectivity index (χ3v) is 4.44. The van der Waals surface area contributed by atoms with Gasteiger partial charge in [0.25, 0.3) is 0 Å². The van der Waals surface area contributed by atoms with Crippen LogP contribution >= 0.6 is 0 Å². The lowest BCUT2D eigenvalue weighted by Gasteiger charge is -2.23. The van der Waals surface area contributed by atoms with Gasteiger partial charge in [0, 0.05) is 17.9 Å². The fourth-order valence-corrected chi connectivity index (χ4v) is 2.93. The Morgan fingerprint density at radius 1 is 0.743 bits per heavy atom. The number of amides is 1. The van der Waals surface area contributed by atoms with Gasteiger partial charge in [-0.15, -0.1) is 0 Å². The van der Waals surface area contributed by atoms with Crippen molar-refractivity contribution in [3.63, 3.8) is 0 Å². The smallest absolute Gasteiger partial charge is 0.475 e. The van der Waals surface area contributed by atoms with Crippen molar-refractivity contribution >= 4 is 23.3 Å². The summed E-state index contributed by atoms with van der Waals surface area (Å²) in [6.07, 6.45) is -9.51. The molecule has 0 aromatic heterocycles. The van der Waals surface area contributed by atoms with Crippen molar-refractivity contribution in [3.8, 4) is 0 Å². The highest BCUT2D eigenvalue weighted by atomic mass is 19.4. The van der Waals surface area contributed by atoms with Crippen LogP contribution in [-0.4, -0.2) is 29.7 Å². The summed E-state index contributed by atoms with van der Waals surface area (Å²) in [5.74, 6) is -3.02. The van der Waals surface area contributed by atoms with Gasteiger partial charge < -0.3 is 10.4 Å². The molecular weight excluding hydrogens is 478 g/mol. The Morgan fingerprint density at radius 3 is 1.60 bits per heavy atom. The molecule has 3 rings (SSSR count). The fourth-order valence-electron chi connectivity index (χ4n) is 2.93. The van der Waals surface area contributed by atoms with Gasteiger partial charge in [0.2, 0.25) is 5.91 Å². The highest BCUT2D eigenvalue weighted by Gasteiger charge is 2.38. The van der Waals surface area contributed by atoms with Crippen molar-refractivity contribution in [1.29, 1.82) is 0 Å². The maximum atomic E-state index is 13.1. The summed E-state index contributed by atoms with van der Waals surface area (Å²) in [5, 5.41) is 9.97. The second kappa shape index (κ2) is 12.0. The number of carbonyl (C=O) groups is 2. The number of para-hydroxylation sites is 2. The van der Waals surface area contributed by atoms with Crippen LogP contribution in [0.4, 0.5) is 37.7 Å². The molecule has 0 unspecified atom stereocenters. The topological polar surface area (TPSA) is 69.6 Å². The largest absolute Gasteiger partial charge is 0.490 e. The molecule has 35 heavy (non-hydrogen) atoms. The lowest BCUT2D eigenvalue weighted by molar-refractivity contribution is -0.192. The van der Waals surface area contributed by atoms with E-state index in [2.05, 4.69) is 5.32 Å². The Hall–Kier alpha value is -3.86. The third kappa shape index (κ3) is 8.45. The zero-order valence-electron chi connectivity index (χ0n) is 18.0. The third-order valence-electron chi connectivity index (χ3n) is 4.44. The SMILES string of the molecule is O=C(CNCc1ccccc1C(F)(F)F)N(c1ccccc1)c1ccccc1.O=C(O)C(F)(F)F. The summed E-state index contributed by atoms with van der Waals surface area (Å²) < 4.78 is 71.0. The number of hydrogen-bond donors (Lipinski definition) is 2. The van der Waals surface area contributed by atoms with Crippen molar-refractivity contribution in [2.45, 2.75) is 18.9 Å². The van der Waals surface area contributed by atoms with Gasteiger partial charge >= 0.3 is 18.3 Å². The molecule has 0 aliphatic rings. The van der Waals surface area contributed by atoms with Gasteiger partial charge in [0.1, 0.15) is 0 Å². The minimum atomic E-state index is -5.08. The molecule has 11 heteroatoms. The van der Waals surface area contributed by atoms with Crippen LogP contribution in [0.5, 0.6) is 0 Å². The second-order valence-corrected chi connectivity index (χ2v) is 6.96. The van der Waals surface area contributed by atoms with E-state index in [1.54, 1.807) is 11.0 Å². The summed E-state index contributed by atoms with van der Waals surface area (Å²) in [6.45, 7) is -0.158. The van der Waals surface area contributed by atoms with Crippen LogP contribution < -0.4 is 10.2 Å². The number of nitrogens with one attached hydrogen (secondary N) is 1. The minimum absolute atomic E-state index is 0.0567. The van der Waals surface area contributed by atoms with Gasteiger partial charge in [-0.3, -0.25) is 9.69 Å². The van der Waals surface area contributed by atoms with Gasteiger partial charge in [-0.05, 0) is 35.9 Å². The molecule has 0 atom stereocenters. The average Bonchev–Trinajstić information content (AvgIpc) is 2.80. The molecule has 0 aliphatic heterocycles. The minimum Gasteiger partial charge on any atom is -0.475 e. The van der Waals surface area contributed by atoms with E-state index in [0.717, 1.165) is 6.07 Å². The Kier molecular flexibility index (Phi) is 9.41. The summed E-state index contributed by atoms with van der Waals surface area (Å²) >= 11 is 0. The lowest BCUT2D eigenvalue weighted by Crippen LogP contribution is -2.35. The van der Waals surface area contributed by atoms with E-state index >= 15 is 0 Å². The van der Waals surface area contributed by atoms with E-state index in [4.69, 9.17) is 9.90 Å². The highest BCUT2D eigenvalue weighted by Crippen LogP contribution is 2.31. The van der Waals surface area contributed by atoms with Gasteiger partial charge in [-0.2, -0.15) is 26.3 Å². The number of carboxylic acid groups (broad SMARTS) is 1. The number of alkyl halides is 6. The number of rotatable bonds is 6. The lowest BCUT2D eigenvalue weighted by atomic mass is 10.1. The average molecular weight is 498 g/mol. The van der Waals surface area contributed by atoms with Crippen LogP contribution in [0, 0.1) is 0 Å². The van der Waals surface area contributed by atoms with E-state index in [1.165, 1.54) is 12.1 Å². The fraction of sp³-hybridized carbons (Fsp3) is 0.167. The maximum absolute atomic E-state index is 13.1. The molecule has 5 nitrogen and oxygen atoms in total. The normalized spacial score (nSPS) is 11.3. The van der Waals surface area contributed by atoms with Crippen molar-refractivity contribution in [2.75, 3.05) is 11.4 Å². The summed E-state index contributed by atoms with van der Waals surface area (Å²) in [5.41, 5.74) is 0.791. The Bertz CT molecular complexity index is 1060. The second-order valence-electron chi connectivity index (χ2n) is 6.96. The number of anilines is 2. The first-order valence-electron chi connectivity index (χ1n) is 10.00. The number of halogens is 6. The number of benzene rings is 3. The van der Waals surface area contributed by atoms with Crippen molar-refractivity contribution < 1.29 is 41.0 Å².